The Morgan fingerprint density at radius 3 is 2.10 bits per heavy atom. The smallest absolute Gasteiger partial charge is 0.323 e. The number of likely N-dealkylation sites (N-methyl/N-ethyl adjacent to an activating group) is 1. The van der Waals surface area contributed by atoms with Crippen molar-refractivity contribution in [3.05, 3.63) is 65.7 Å². The predicted molar refractivity (Wildman–Crippen MR) is 149 cm³/mol. The van der Waals surface area contributed by atoms with Crippen molar-refractivity contribution in [2.45, 2.75) is 43.8 Å². The minimum absolute atomic E-state index is 0.0767. The lowest BCUT2D eigenvalue weighted by atomic mass is 10.0. The van der Waals surface area contributed by atoms with Crippen molar-refractivity contribution in [2.75, 3.05) is 20.1 Å². The lowest BCUT2D eigenvalue weighted by Gasteiger charge is -2.26. The Hall–Kier alpha value is -4.65. The molecule has 10 N–H and O–H groups in total. The molecule has 0 spiro atoms. The number of guanidine groups is 1. The molecule has 0 saturated carbocycles. The van der Waals surface area contributed by atoms with Crippen LogP contribution >= 0.6 is 0 Å². The summed E-state index contributed by atoms with van der Waals surface area (Å²) in [5.41, 5.74) is 18.3. The van der Waals surface area contributed by atoms with Gasteiger partial charge in [-0.05, 0) is 42.5 Å². The van der Waals surface area contributed by atoms with Crippen molar-refractivity contribution >= 4 is 29.7 Å². The van der Waals surface area contributed by atoms with E-state index < -0.39 is 48.4 Å². The molecule has 216 valence electrons. The maximum Gasteiger partial charge on any atom is 0.323 e. The van der Waals surface area contributed by atoms with Crippen molar-refractivity contribution in [2.24, 2.45) is 22.2 Å². The Kier molecular flexibility index (Phi) is 12.4. The molecule has 0 radical (unpaired) electrons. The first-order valence-electron chi connectivity index (χ1n) is 12.7. The van der Waals surface area contributed by atoms with E-state index in [1.807, 2.05) is 0 Å². The molecule has 2 rings (SSSR count). The van der Waals surface area contributed by atoms with Crippen LogP contribution in [0.1, 0.15) is 24.0 Å². The molecule has 2 aromatic carbocycles. The zero-order valence-corrected chi connectivity index (χ0v) is 22.3. The average Bonchev–Trinajstić information content (AvgIpc) is 2.90. The van der Waals surface area contributed by atoms with Crippen LogP contribution in [-0.2, 0) is 32.0 Å². The minimum atomic E-state index is -1.20. The monoisotopic (exact) mass is 555 g/mol. The molecule has 40 heavy (non-hydrogen) atoms. The Balaban J connectivity index is 2.20. The number of nitrogens with zero attached hydrogens (tertiary/aromatic N) is 2. The number of aromatic hydroxyl groups is 1. The highest BCUT2D eigenvalue weighted by atomic mass is 16.4. The van der Waals surface area contributed by atoms with Gasteiger partial charge in [0.2, 0.25) is 17.7 Å². The normalized spacial score (nSPS) is 12.8. The van der Waals surface area contributed by atoms with Gasteiger partial charge >= 0.3 is 5.97 Å². The van der Waals surface area contributed by atoms with E-state index in [9.17, 15) is 24.3 Å². The van der Waals surface area contributed by atoms with Crippen LogP contribution in [0, 0.1) is 0 Å². The zero-order valence-electron chi connectivity index (χ0n) is 22.3. The van der Waals surface area contributed by atoms with E-state index in [0.29, 0.717) is 12.0 Å². The summed E-state index contributed by atoms with van der Waals surface area (Å²) in [6, 6.07) is 12.0. The Labute approximate surface area is 232 Å². The van der Waals surface area contributed by atoms with Crippen molar-refractivity contribution in [3.8, 4) is 5.75 Å². The summed E-state index contributed by atoms with van der Waals surface area (Å²) in [7, 11) is 1.33. The molecule has 13 nitrogen and oxygen atoms in total. The van der Waals surface area contributed by atoms with Crippen molar-refractivity contribution in [1.29, 1.82) is 0 Å². The number of amides is 3. The number of aliphatic carboxylic acids is 1. The minimum Gasteiger partial charge on any atom is -0.508 e. The Bertz CT molecular complexity index is 1170. The molecule has 0 aromatic heterocycles. The van der Waals surface area contributed by atoms with Gasteiger partial charge in [0, 0.05) is 20.0 Å². The number of rotatable bonds is 15. The second kappa shape index (κ2) is 15.7. The third-order valence-electron chi connectivity index (χ3n) is 5.95. The van der Waals surface area contributed by atoms with Crippen LogP contribution in [-0.4, -0.2) is 83.0 Å². The van der Waals surface area contributed by atoms with E-state index in [1.54, 1.807) is 42.5 Å². The molecule has 2 aromatic rings. The van der Waals surface area contributed by atoms with Crippen molar-refractivity contribution in [1.82, 2.24) is 15.5 Å². The summed E-state index contributed by atoms with van der Waals surface area (Å²) in [4.78, 5) is 55.5. The van der Waals surface area contributed by atoms with Gasteiger partial charge in [0.1, 0.15) is 24.4 Å². The molecular weight excluding hydrogens is 518 g/mol. The lowest BCUT2D eigenvalue weighted by molar-refractivity contribution is -0.145. The molecule has 0 aliphatic heterocycles. The standard InChI is InChI=1S/C27H37N7O6/c1-34(16-23(36)37)26(40)22(15-17-6-3-2-4-7-17)33-25(39)21(8-5-13-31-27(29)30)32-24(38)20(28)14-18-9-11-19(35)12-10-18/h2-4,6-7,9-12,20-22,35H,5,8,13-16,28H2,1H3,(H,32,38)(H,33,39)(H,36,37)(H4,29,30,31)/t20-,21-,22-/m0/s1. The quantitative estimate of drug-likeness (QED) is 0.0817. The van der Waals surface area contributed by atoms with E-state index in [4.69, 9.17) is 22.3 Å². The highest BCUT2D eigenvalue weighted by Gasteiger charge is 2.30. The van der Waals surface area contributed by atoms with Gasteiger partial charge in [0.25, 0.3) is 0 Å². The number of phenols is 1. The first kappa shape index (κ1) is 31.6. The fraction of sp³-hybridized carbons (Fsp3) is 0.370. The maximum atomic E-state index is 13.4. The van der Waals surface area contributed by atoms with Crippen LogP contribution < -0.4 is 27.8 Å². The molecule has 3 amide bonds. The van der Waals surface area contributed by atoms with Crippen LogP contribution in [0.15, 0.2) is 59.6 Å². The number of carboxylic acids is 1. The molecule has 0 aliphatic carbocycles. The molecular formula is C27H37N7O6. The van der Waals surface area contributed by atoms with Gasteiger partial charge < -0.3 is 42.9 Å². The fourth-order valence-corrected chi connectivity index (χ4v) is 3.90. The van der Waals surface area contributed by atoms with E-state index in [2.05, 4.69) is 15.6 Å². The predicted octanol–water partition coefficient (Wildman–Crippen LogP) is -0.929. The summed E-state index contributed by atoms with van der Waals surface area (Å²) in [6.45, 7) is -0.347. The number of benzene rings is 2. The van der Waals surface area contributed by atoms with Gasteiger partial charge in [-0.15, -0.1) is 0 Å². The molecule has 13 heteroatoms. The number of hydrogen-bond donors (Lipinski definition) is 7. The van der Waals surface area contributed by atoms with Crippen molar-refractivity contribution in [3.63, 3.8) is 0 Å². The number of carboxylic acid groups (broad SMARTS) is 1. The number of nitrogens with two attached hydrogens (primary N) is 3. The van der Waals surface area contributed by atoms with Gasteiger partial charge in [-0.2, -0.15) is 0 Å². The van der Waals surface area contributed by atoms with Gasteiger partial charge in [-0.25, -0.2) is 0 Å². The molecule has 0 aliphatic rings. The highest BCUT2D eigenvalue weighted by molar-refractivity contribution is 5.93. The summed E-state index contributed by atoms with van der Waals surface area (Å²) >= 11 is 0. The van der Waals surface area contributed by atoms with Crippen molar-refractivity contribution < 1.29 is 29.4 Å². The Morgan fingerprint density at radius 1 is 0.900 bits per heavy atom. The number of aliphatic imine (C=N–C) groups is 1. The van der Waals surface area contributed by atoms with E-state index >= 15 is 0 Å². The number of carbonyl (C=O) groups excluding carboxylic acids is 3. The summed E-state index contributed by atoms with van der Waals surface area (Å²) in [5.74, 6) is -3.08. The van der Waals surface area contributed by atoms with Crippen LogP contribution in [0.5, 0.6) is 5.75 Å². The molecule has 3 atom stereocenters. The molecule has 0 unspecified atom stereocenters. The lowest BCUT2D eigenvalue weighted by Crippen LogP contribution is -2.57. The molecule has 0 fully saturated rings. The first-order valence-corrected chi connectivity index (χ1v) is 12.7. The van der Waals surface area contributed by atoms with Crippen LogP contribution in [0.4, 0.5) is 0 Å². The topological polar surface area (TPSA) is 226 Å². The van der Waals surface area contributed by atoms with E-state index in [1.165, 1.54) is 19.2 Å². The number of hydrogen-bond acceptors (Lipinski definition) is 7. The summed E-state index contributed by atoms with van der Waals surface area (Å²) < 4.78 is 0. The molecule has 0 heterocycles. The maximum absolute atomic E-state index is 13.4. The summed E-state index contributed by atoms with van der Waals surface area (Å²) in [6.07, 6.45) is 0.727. The number of carbonyl (C=O) groups is 4. The number of phenolic OH excluding ortho intramolecular Hbond substituents is 1. The molecule has 0 saturated heterocycles. The second-order valence-electron chi connectivity index (χ2n) is 9.33. The van der Waals surface area contributed by atoms with Gasteiger partial charge in [-0.1, -0.05) is 42.5 Å². The summed E-state index contributed by atoms with van der Waals surface area (Å²) in [5, 5.41) is 23.9. The Morgan fingerprint density at radius 2 is 1.50 bits per heavy atom. The van der Waals surface area contributed by atoms with Crippen LogP contribution in [0.25, 0.3) is 0 Å². The van der Waals surface area contributed by atoms with Gasteiger partial charge in [-0.3, -0.25) is 24.2 Å². The largest absolute Gasteiger partial charge is 0.508 e. The van der Waals surface area contributed by atoms with E-state index in [-0.39, 0.29) is 37.5 Å². The fourth-order valence-electron chi connectivity index (χ4n) is 3.90. The van der Waals surface area contributed by atoms with Crippen LogP contribution in [0.3, 0.4) is 0 Å². The molecule has 0 bridgehead atoms. The second-order valence-corrected chi connectivity index (χ2v) is 9.33. The average molecular weight is 556 g/mol. The third kappa shape index (κ3) is 11.0. The zero-order chi connectivity index (χ0) is 29.7. The third-order valence-corrected chi connectivity index (χ3v) is 5.95. The van der Waals surface area contributed by atoms with Gasteiger partial charge in [0.15, 0.2) is 5.96 Å². The van der Waals surface area contributed by atoms with Gasteiger partial charge in [0.05, 0.1) is 6.04 Å². The highest BCUT2D eigenvalue weighted by Crippen LogP contribution is 2.12. The number of nitrogens with one attached hydrogen (secondary N) is 2. The first-order chi connectivity index (χ1) is 19.0. The van der Waals surface area contributed by atoms with E-state index in [0.717, 1.165) is 10.5 Å². The van der Waals surface area contributed by atoms with Crippen LogP contribution in [0.2, 0.25) is 0 Å². The SMILES string of the molecule is CN(CC(=O)O)C(=O)[C@H](Cc1ccccc1)NC(=O)[C@H](CCCN=C(N)N)NC(=O)[C@@H](N)Cc1ccc(O)cc1.